The molecule has 0 aliphatic carbocycles. The van der Waals surface area contributed by atoms with Crippen molar-refractivity contribution in [2.45, 2.75) is 19.5 Å². The first-order valence-electron chi connectivity index (χ1n) is 10.7. The maximum absolute atomic E-state index is 13.0. The lowest BCUT2D eigenvalue weighted by Crippen LogP contribution is -2.28. The van der Waals surface area contributed by atoms with Gasteiger partial charge in [0.2, 0.25) is 0 Å². The SMILES string of the molecule is Cc1[nH]c2ccc(C(=O)NS(=O)(=O)C=Cc3ccccc3)cc2c1Cc1ccc(C(F)(F)F)cc1Cl. The van der Waals surface area contributed by atoms with Crippen LogP contribution in [-0.2, 0) is 22.6 Å². The van der Waals surface area contributed by atoms with Gasteiger partial charge < -0.3 is 4.98 Å². The number of rotatable bonds is 6. The zero-order valence-corrected chi connectivity index (χ0v) is 20.4. The van der Waals surface area contributed by atoms with Gasteiger partial charge in [-0.25, -0.2) is 13.1 Å². The predicted molar refractivity (Wildman–Crippen MR) is 134 cm³/mol. The van der Waals surface area contributed by atoms with Crippen molar-refractivity contribution in [3.63, 3.8) is 0 Å². The molecule has 4 rings (SSSR count). The number of halogens is 4. The van der Waals surface area contributed by atoms with Crippen molar-refractivity contribution in [2.24, 2.45) is 0 Å². The van der Waals surface area contributed by atoms with Gasteiger partial charge in [-0.05, 0) is 60.0 Å². The van der Waals surface area contributed by atoms with Crippen molar-refractivity contribution < 1.29 is 26.4 Å². The van der Waals surface area contributed by atoms with Gasteiger partial charge in [-0.1, -0.05) is 48.0 Å². The van der Waals surface area contributed by atoms with E-state index < -0.39 is 27.7 Å². The van der Waals surface area contributed by atoms with Crippen LogP contribution in [-0.4, -0.2) is 19.3 Å². The Morgan fingerprint density at radius 2 is 1.78 bits per heavy atom. The van der Waals surface area contributed by atoms with E-state index in [0.717, 1.165) is 28.8 Å². The molecule has 5 nitrogen and oxygen atoms in total. The third-order valence-electron chi connectivity index (χ3n) is 5.60. The summed E-state index contributed by atoms with van der Waals surface area (Å²) in [6.45, 7) is 1.80. The average molecular weight is 533 g/mol. The molecule has 1 aromatic heterocycles. The van der Waals surface area contributed by atoms with E-state index >= 15 is 0 Å². The second kappa shape index (κ2) is 9.83. The van der Waals surface area contributed by atoms with Crippen LogP contribution in [0.15, 0.2) is 72.1 Å². The highest BCUT2D eigenvalue weighted by Crippen LogP contribution is 2.34. The number of alkyl halides is 3. The number of carbonyl (C=O) groups excluding carboxylic acids is 1. The van der Waals surface area contributed by atoms with E-state index in [1.807, 2.05) is 4.72 Å². The molecule has 0 spiro atoms. The topological polar surface area (TPSA) is 79.0 Å². The molecule has 0 radical (unpaired) electrons. The Balaban J connectivity index is 1.59. The molecule has 1 amide bonds. The second-order valence-electron chi connectivity index (χ2n) is 8.16. The van der Waals surface area contributed by atoms with Crippen LogP contribution in [0.4, 0.5) is 13.2 Å². The number of amides is 1. The molecule has 2 N–H and O–H groups in total. The Labute approximate surface area is 210 Å². The maximum Gasteiger partial charge on any atom is 0.416 e. The van der Waals surface area contributed by atoms with Crippen molar-refractivity contribution in [2.75, 3.05) is 0 Å². The molecule has 0 aliphatic heterocycles. The molecule has 0 unspecified atom stereocenters. The summed E-state index contributed by atoms with van der Waals surface area (Å²) in [6.07, 6.45) is -2.91. The van der Waals surface area contributed by atoms with Crippen LogP contribution in [0.25, 0.3) is 17.0 Å². The first kappa shape index (κ1) is 25.5. The summed E-state index contributed by atoms with van der Waals surface area (Å²) >= 11 is 6.14. The smallest absolute Gasteiger partial charge is 0.358 e. The van der Waals surface area contributed by atoms with E-state index in [-0.39, 0.29) is 17.0 Å². The molecule has 1 heterocycles. The van der Waals surface area contributed by atoms with Gasteiger partial charge in [0.15, 0.2) is 0 Å². The Hall–Kier alpha value is -3.56. The summed E-state index contributed by atoms with van der Waals surface area (Å²) in [7, 11) is -4.05. The fraction of sp³-hybridized carbons (Fsp3) is 0.115. The number of hydrogen-bond donors (Lipinski definition) is 2. The fourth-order valence-electron chi connectivity index (χ4n) is 3.76. The molecule has 186 valence electrons. The Morgan fingerprint density at radius 3 is 2.44 bits per heavy atom. The minimum absolute atomic E-state index is 0.0243. The van der Waals surface area contributed by atoms with Gasteiger partial charge in [0.1, 0.15) is 0 Å². The number of benzene rings is 3. The number of aromatic nitrogens is 1. The van der Waals surface area contributed by atoms with Crippen LogP contribution in [0.2, 0.25) is 5.02 Å². The van der Waals surface area contributed by atoms with Crippen LogP contribution in [0, 0.1) is 6.92 Å². The number of hydrogen-bond acceptors (Lipinski definition) is 3. The summed E-state index contributed by atoms with van der Waals surface area (Å²) in [5.41, 5.74) is 2.58. The Bertz CT molecular complexity index is 1580. The lowest BCUT2D eigenvalue weighted by molar-refractivity contribution is -0.137. The van der Waals surface area contributed by atoms with Gasteiger partial charge in [0, 0.05) is 33.6 Å². The zero-order chi connectivity index (χ0) is 26.1. The van der Waals surface area contributed by atoms with Crippen molar-refractivity contribution >= 4 is 44.5 Å². The standard InChI is InChI=1S/C26H20ClF3N2O3S/c1-16-21(13-18-7-9-20(15-23(18)27)26(28,29)30)22-14-19(8-10-24(22)31-16)25(33)32-36(34,35)12-11-17-5-3-2-4-6-17/h2-12,14-15,31H,13H2,1H3,(H,32,33). The van der Waals surface area contributed by atoms with E-state index in [0.29, 0.717) is 22.0 Å². The Morgan fingerprint density at radius 1 is 1.06 bits per heavy atom. The third-order valence-corrected chi connectivity index (χ3v) is 6.92. The van der Waals surface area contributed by atoms with Crippen LogP contribution < -0.4 is 4.72 Å². The Kier molecular flexibility index (Phi) is 6.97. The van der Waals surface area contributed by atoms with Gasteiger partial charge >= 0.3 is 6.18 Å². The molecule has 0 fully saturated rings. The molecule has 4 aromatic rings. The van der Waals surface area contributed by atoms with Crippen molar-refractivity contribution in [3.8, 4) is 0 Å². The van der Waals surface area contributed by atoms with Crippen LogP contribution >= 0.6 is 11.6 Å². The molecule has 0 bridgehead atoms. The summed E-state index contributed by atoms with van der Waals surface area (Å²) in [6, 6.07) is 16.6. The number of sulfonamides is 1. The maximum atomic E-state index is 13.0. The van der Waals surface area contributed by atoms with Gasteiger partial charge in [-0.3, -0.25) is 4.79 Å². The van der Waals surface area contributed by atoms with Gasteiger partial charge in [-0.2, -0.15) is 13.2 Å². The number of H-pyrrole nitrogens is 1. The summed E-state index contributed by atoms with van der Waals surface area (Å²) < 4.78 is 65.7. The largest absolute Gasteiger partial charge is 0.416 e. The van der Waals surface area contributed by atoms with Crippen molar-refractivity contribution in [3.05, 3.63) is 111 Å². The average Bonchev–Trinajstić information content (AvgIpc) is 3.13. The fourth-order valence-corrected chi connectivity index (χ4v) is 4.79. The van der Waals surface area contributed by atoms with Crippen LogP contribution in [0.3, 0.4) is 0 Å². The zero-order valence-electron chi connectivity index (χ0n) is 18.9. The molecular weight excluding hydrogens is 513 g/mol. The van der Waals surface area contributed by atoms with Gasteiger partial charge in [0.25, 0.3) is 15.9 Å². The second-order valence-corrected chi connectivity index (χ2v) is 10.1. The van der Waals surface area contributed by atoms with E-state index in [2.05, 4.69) is 4.98 Å². The van der Waals surface area contributed by atoms with Crippen LogP contribution in [0.1, 0.15) is 38.3 Å². The normalized spacial score (nSPS) is 12.4. The van der Waals surface area contributed by atoms with Crippen molar-refractivity contribution in [1.82, 2.24) is 9.71 Å². The third kappa shape index (κ3) is 5.80. The minimum Gasteiger partial charge on any atom is -0.358 e. The molecule has 0 saturated carbocycles. The summed E-state index contributed by atoms with van der Waals surface area (Å²) in [4.78, 5) is 15.9. The molecule has 0 saturated heterocycles. The molecule has 0 aliphatic rings. The lowest BCUT2D eigenvalue weighted by atomic mass is 9.99. The quantitative estimate of drug-likeness (QED) is 0.299. The minimum atomic E-state index is -4.50. The number of carbonyl (C=O) groups is 1. The predicted octanol–water partition coefficient (Wildman–Crippen LogP) is 6.47. The molecule has 36 heavy (non-hydrogen) atoms. The first-order valence-corrected chi connectivity index (χ1v) is 12.6. The highest BCUT2D eigenvalue weighted by Gasteiger charge is 2.31. The highest BCUT2D eigenvalue weighted by molar-refractivity contribution is 7.93. The van der Waals surface area contributed by atoms with E-state index in [1.54, 1.807) is 43.3 Å². The molecular formula is C26H20ClF3N2O3S. The number of aryl methyl sites for hydroxylation is 1. The van der Waals surface area contributed by atoms with Gasteiger partial charge in [0.05, 0.1) is 11.0 Å². The highest BCUT2D eigenvalue weighted by atomic mass is 35.5. The van der Waals surface area contributed by atoms with E-state index in [1.165, 1.54) is 24.3 Å². The van der Waals surface area contributed by atoms with Crippen LogP contribution in [0.5, 0.6) is 0 Å². The van der Waals surface area contributed by atoms with Crippen molar-refractivity contribution in [1.29, 1.82) is 0 Å². The van der Waals surface area contributed by atoms with E-state index in [4.69, 9.17) is 11.6 Å². The monoisotopic (exact) mass is 532 g/mol. The summed E-state index contributed by atoms with van der Waals surface area (Å²) in [5, 5.41) is 1.52. The molecule has 10 heteroatoms. The number of nitrogens with one attached hydrogen (secondary N) is 2. The first-order chi connectivity index (χ1) is 16.9. The van der Waals surface area contributed by atoms with Gasteiger partial charge in [-0.15, -0.1) is 0 Å². The summed E-state index contributed by atoms with van der Waals surface area (Å²) in [5.74, 6) is -0.813. The number of aromatic amines is 1. The number of fused-ring (bicyclic) bond motifs is 1. The molecule has 0 atom stereocenters. The van der Waals surface area contributed by atoms with E-state index in [9.17, 15) is 26.4 Å². The molecule has 3 aromatic carbocycles. The lowest BCUT2D eigenvalue weighted by Gasteiger charge is -2.10.